The van der Waals surface area contributed by atoms with Crippen LogP contribution >= 0.6 is 11.8 Å². The van der Waals surface area contributed by atoms with Crippen LogP contribution in [0.4, 0.5) is 17.3 Å². The van der Waals surface area contributed by atoms with Crippen LogP contribution in [0.3, 0.4) is 0 Å². The predicted molar refractivity (Wildman–Crippen MR) is 121 cm³/mol. The fourth-order valence-corrected chi connectivity index (χ4v) is 3.66. The van der Waals surface area contributed by atoms with Gasteiger partial charge in [-0.1, -0.05) is 12.1 Å². The molecule has 4 rings (SSSR count). The number of nitrogens with one attached hydrogen (secondary N) is 3. The van der Waals surface area contributed by atoms with Gasteiger partial charge in [0.05, 0.1) is 5.69 Å². The standard InChI is InChI=1S/C22H20N6O2S/c1-13-11-21(28-27-13)25-20-12-18(17-5-3-4-6-19(17)30)24-22(26-20)31-16-9-7-15(8-10-16)23-14(2)29/h3-12,30H,1-2H3,(H,23,29)(H2,24,25,26,27,28). The number of benzene rings is 2. The lowest BCUT2D eigenvalue weighted by Gasteiger charge is -2.10. The molecule has 156 valence electrons. The normalized spacial score (nSPS) is 10.6. The van der Waals surface area contributed by atoms with Gasteiger partial charge < -0.3 is 15.7 Å². The highest BCUT2D eigenvalue weighted by Gasteiger charge is 2.12. The highest BCUT2D eigenvalue weighted by atomic mass is 32.2. The van der Waals surface area contributed by atoms with Crippen molar-refractivity contribution >= 4 is 35.0 Å². The van der Waals surface area contributed by atoms with E-state index in [4.69, 9.17) is 0 Å². The minimum absolute atomic E-state index is 0.122. The summed E-state index contributed by atoms with van der Waals surface area (Å²) in [7, 11) is 0. The summed E-state index contributed by atoms with van der Waals surface area (Å²) >= 11 is 1.38. The van der Waals surface area contributed by atoms with E-state index in [0.29, 0.717) is 28.0 Å². The van der Waals surface area contributed by atoms with Gasteiger partial charge in [0.1, 0.15) is 11.6 Å². The molecule has 1 amide bonds. The Hall–Kier alpha value is -3.85. The van der Waals surface area contributed by atoms with Crippen LogP contribution in [-0.2, 0) is 4.79 Å². The zero-order valence-corrected chi connectivity index (χ0v) is 17.7. The van der Waals surface area contributed by atoms with Crippen molar-refractivity contribution in [3.63, 3.8) is 0 Å². The molecule has 2 aromatic heterocycles. The van der Waals surface area contributed by atoms with E-state index < -0.39 is 0 Å². The van der Waals surface area contributed by atoms with Crippen LogP contribution < -0.4 is 10.6 Å². The van der Waals surface area contributed by atoms with Crippen LogP contribution in [-0.4, -0.2) is 31.2 Å². The first-order chi connectivity index (χ1) is 15.0. The Bertz CT molecular complexity index is 1220. The molecule has 0 radical (unpaired) electrons. The lowest BCUT2D eigenvalue weighted by molar-refractivity contribution is -0.114. The molecule has 0 bridgehead atoms. The SMILES string of the molecule is CC(=O)Nc1ccc(Sc2nc(Nc3cc(C)[nH]n3)cc(-c3ccccc3O)n2)cc1. The number of aromatic hydroxyl groups is 1. The van der Waals surface area contributed by atoms with Crippen molar-refractivity contribution in [1.82, 2.24) is 20.2 Å². The number of nitrogens with zero attached hydrogens (tertiary/aromatic N) is 3. The topological polar surface area (TPSA) is 116 Å². The van der Waals surface area contributed by atoms with Gasteiger partial charge in [-0.2, -0.15) is 5.10 Å². The first-order valence-electron chi connectivity index (χ1n) is 9.48. The van der Waals surface area contributed by atoms with Crippen LogP contribution in [0.15, 0.2) is 70.7 Å². The second-order valence-corrected chi connectivity index (χ2v) is 7.85. The molecule has 0 aliphatic carbocycles. The largest absolute Gasteiger partial charge is 0.507 e. The van der Waals surface area contributed by atoms with Crippen molar-refractivity contribution in [1.29, 1.82) is 0 Å². The van der Waals surface area contributed by atoms with Crippen molar-refractivity contribution in [2.75, 3.05) is 10.6 Å². The lowest BCUT2D eigenvalue weighted by Crippen LogP contribution is -2.05. The second-order valence-electron chi connectivity index (χ2n) is 6.81. The average Bonchev–Trinajstić information content (AvgIpc) is 3.14. The zero-order valence-electron chi connectivity index (χ0n) is 16.9. The molecule has 0 saturated heterocycles. The Kier molecular flexibility index (Phi) is 5.85. The van der Waals surface area contributed by atoms with Crippen LogP contribution in [0.5, 0.6) is 5.75 Å². The van der Waals surface area contributed by atoms with E-state index in [2.05, 4.69) is 30.8 Å². The van der Waals surface area contributed by atoms with E-state index >= 15 is 0 Å². The molecular formula is C22H20N6O2S. The number of hydrogen-bond acceptors (Lipinski definition) is 7. The molecule has 0 spiro atoms. The van der Waals surface area contributed by atoms with E-state index in [9.17, 15) is 9.90 Å². The summed E-state index contributed by atoms with van der Waals surface area (Å²) in [4.78, 5) is 21.3. The molecule has 0 fully saturated rings. The van der Waals surface area contributed by atoms with Crippen molar-refractivity contribution in [3.05, 3.63) is 66.4 Å². The molecule has 9 heteroatoms. The zero-order chi connectivity index (χ0) is 21.8. The summed E-state index contributed by atoms with van der Waals surface area (Å²) in [6, 6.07) is 18.1. The Morgan fingerprint density at radius 1 is 1.03 bits per heavy atom. The van der Waals surface area contributed by atoms with Crippen molar-refractivity contribution in [3.8, 4) is 17.0 Å². The Balaban J connectivity index is 1.67. The van der Waals surface area contributed by atoms with E-state index in [0.717, 1.165) is 16.3 Å². The molecule has 2 heterocycles. The Labute approximate surface area is 183 Å². The molecule has 0 aliphatic heterocycles. The molecule has 0 atom stereocenters. The smallest absolute Gasteiger partial charge is 0.221 e. The van der Waals surface area contributed by atoms with Gasteiger partial charge in [0.15, 0.2) is 11.0 Å². The summed E-state index contributed by atoms with van der Waals surface area (Å²) in [5.74, 6) is 1.20. The van der Waals surface area contributed by atoms with Gasteiger partial charge >= 0.3 is 0 Å². The van der Waals surface area contributed by atoms with E-state index in [1.54, 1.807) is 24.3 Å². The molecule has 4 N–H and O–H groups in total. The number of aromatic amines is 1. The van der Waals surface area contributed by atoms with Gasteiger partial charge in [0, 0.05) is 40.9 Å². The predicted octanol–water partition coefficient (Wildman–Crippen LogP) is 4.73. The average molecular weight is 433 g/mol. The van der Waals surface area contributed by atoms with Crippen LogP contribution in [0.25, 0.3) is 11.3 Å². The molecular weight excluding hydrogens is 412 g/mol. The second kappa shape index (κ2) is 8.88. The molecule has 31 heavy (non-hydrogen) atoms. The number of anilines is 3. The first kappa shape index (κ1) is 20.4. The maximum Gasteiger partial charge on any atom is 0.221 e. The lowest BCUT2D eigenvalue weighted by atomic mass is 10.1. The highest BCUT2D eigenvalue weighted by molar-refractivity contribution is 7.99. The quantitative estimate of drug-likeness (QED) is 0.325. The number of carbonyl (C=O) groups excluding carboxylic acids is 1. The minimum atomic E-state index is -0.122. The van der Waals surface area contributed by atoms with E-state index in [-0.39, 0.29) is 11.7 Å². The summed E-state index contributed by atoms with van der Waals surface area (Å²) in [6.45, 7) is 3.38. The monoisotopic (exact) mass is 432 g/mol. The number of amides is 1. The van der Waals surface area contributed by atoms with Crippen LogP contribution in [0.2, 0.25) is 0 Å². The van der Waals surface area contributed by atoms with Gasteiger partial charge in [-0.3, -0.25) is 9.89 Å². The summed E-state index contributed by atoms with van der Waals surface area (Å²) in [5, 5.41) is 23.8. The van der Waals surface area contributed by atoms with Gasteiger partial charge in [-0.25, -0.2) is 9.97 Å². The fourth-order valence-electron chi connectivity index (χ4n) is 2.89. The third-order valence-corrected chi connectivity index (χ3v) is 5.10. The number of carbonyl (C=O) groups is 1. The fraction of sp³-hybridized carbons (Fsp3) is 0.0909. The van der Waals surface area contributed by atoms with Gasteiger partial charge in [-0.15, -0.1) is 0 Å². The Morgan fingerprint density at radius 2 is 1.81 bits per heavy atom. The van der Waals surface area contributed by atoms with E-state index in [1.807, 2.05) is 43.3 Å². The number of aromatic nitrogens is 4. The third kappa shape index (κ3) is 5.20. The van der Waals surface area contributed by atoms with Crippen LogP contribution in [0, 0.1) is 6.92 Å². The number of H-pyrrole nitrogens is 1. The number of phenolic OH excluding ortho intramolecular Hbond substituents is 1. The molecule has 8 nitrogen and oxygen atoms in total. The number of hydrogen-bond donors (Lipinski definition) is 4. The summed E-state index contributed by atoms with van der Waals surface area (Å²) < 4.78 is 0. The third-order valence-electron chi connectivity index (χ3n) is 4.23. The molecule has 2 aromatic carbocycles. The Morgan fingerprint density at radius 3 is 2.48 bits per heavy atom. The molecule has 0 aliphatic rings. The number of para-hydroxylation sites is 1. The minimum Gasteiger partial charge on any atom is -0.507 e. The van der Waals surface area contributed by atoms with Crippen molar-refractivity contribution < 1.29 is 9.90 Å². The number of phenols is 1. The maximum absolute atomic E-state index is 11.2. The van der Waals surface area contributed by atoms with Crippen LogP contribution in [0.1, 0.15) is 12.6 Å². The maximum atomic E-state index is 11.2. The first-order valence-corrected chi connectivity index (χ1v) is 10.3. The molecule has 0 saturated carbocycles. The van der Waals surface area contributed by atoms with Crippen molar-refractivity contribution in [2.24, 2.45) is 0 Å². The summed E-state index contributed by atoms with van der Waals surface area (Å²) in [5.41, 5.74) is 2.83. The molecule has 4 aromatic rings. The number of aryl methyl sites for hydroxylation is 1. The van der Waals surface area contributed by atoms with Gasteiger partial charge in [0.2, 0.25) is 5.91 Å². The summed E-state index contributed by atoms with van der Waals surface area (Å²) in [6.07, 6.45) is 0. The number of rotatable bonds is 6. The molecule has 0 unspecified atom stereocenters. The van der Waals surface area contributed by atoms with Gasteiger partial charge in [-0.05, 0) is 55.1 Å². The highest BCUT2D eigenvalue weighted by Crippen LogP contribution is 2.33. The van der Waals surface area contributed by atoms with E-state index in [1.165, 1.54) is 18.7 Å². The van der Waals surface area contributed by atoms with Crippen molar-refractivity contribution in [2.45, 2.75) is 23.9 Å². The van der Waals surface area contributed by atoms with Gasteiger partial charge in [0.25, 0.3) is 0 Å².